The number of carbonyl (C=O) groups excluding carboxylic acids is 1. The van der Waals surface area contributed by atoms with Gasteiger partial charge in [0.25, 0.3) is 5.91 Å². The third-order valence-corrected chi connectivity index (χ3v) is 5.45. The van der Waals surface area contributed by atoms with E-state index in [1.165, 1.54) is 0 Å². The number of benzene rings is 2. The first kappa shape index (κ1) is 21.8. The van der Waals surface area contributed by atoms with Crippen molar-refractivity contribution in [3.05, 3.63) is 82.1 Å². The van der Waals surface area contributed by atoms with Crippen LogP contribution in [0.15, 0.2) is 65.1 Å². The van der Waals surface area contributed by atoms with Crippen LogP contribution in [0.5, 0.6) is 5.75 Å². The summed E-state index contributed by atoms with van der Waals surface area (Å²) < 4.78 is 47.1. The SMILES string of the molecule is COc1ccc(CNC(=O)c2nn3c(C(F)(F)F)cc(-c4ccccc4)nc3c2Br)cc1. The highest BCUT2D eigenvalue weighted by atomic mass is 79.9. The van der Waals surface area contributed by atoms with Crippen LogP contribution < -0.4 is 10.1 Å². The molecule has 32 heavy (non-hydrogen) atoms. The monoisotopic (exact) mass is 504 g/mol. The Morgan fingerprint density at radius 2 is 1.81 bits per heavy atom. The lowest BCUT2D eigenvalue weighted by Crippen LogP contribution is -2.23. The van der Waals surface area contributed by atoms with Gasteiger partial charge < -0.3 is 10.1 Å². The Morgan fingerprint density at radius 3 is 2.44 bits per heavy atom. The number of alkyl halides is 3. The molecule has 2 heterocycles. The molecule has 0 spiro atoms. The van der Waals surface area contributed by atoms with Crippen LogP contribution >= 0.6 is 15.9 Å². The molecule has 164 valence electrons. The number of hydrogen-bond donors (Lipinski definition) is 1. The Morgan fingerprint density at radius 1 is 1.12 bits per heavy atom. The highest BCUT2D eigenvalue weighted by Gasteiger charge is 2.36. The van der Waals surface area contributed by atoms with Crippen LogP contribution in [0, 0.1) is 0 Å². The van der Waals surface area contributed by atoms with Crippen molar-refractivity contribution in [2.75, 3.05) is 7.11 Å². The van der Waals surface area contributed by atoms with Crippen LogP contribution in [0.4, 0.5) is 13.2 Å². The van der Waals surface area contributed by atoms with E-state index in [1.54, 1.807) is 61.7 Å². The molecule has 0 aliphatic carbocycles. The van der Waals surface area contributed by atoms with Crippen molar-refractivity contribution in [1.29, 1.82) is 0 Å². The molecule has 1 N–H and O–H groups in total. The van der Waals surface area contributed by atoms with Gasteiger partial charge in [-0.05, 0) is 39.7 Å². The first-order valence-electron chi connectivity index (χ1n) is 9.41. The van der Waals surface area contributed by atoms with Gasteiger partial charge in [0, 0.05) is 12.1 Å². The standard InChI is InChI=1S/C22H16BrF3N4O2/c1-32-15-9-7-13(8-10-15)12-27-21(31)19-18(23)20-28-16(14-5-3-2-4-6-14)11-17(22(24,25)26)30(20)29-19/h2-11H,12H2,1H3,(H,27,31). The van der Waals surface area contributed by atoms with Crippen LogP contribution in [0.1, 0.15) is 21.7 Å². The Labute approximate surface area is 189 Å². The molecule has 1 amide bonds. The summed E-state index contributed by atoms with van der Waals surface area (Å²) >= 11 is 3.21. The molecule has 6 nitrogen and oxygen atoms in total. The first-order chi connectivity index (χ1) is 15.3. The predicted octanol–water partition coefficient (Wildman–Crippen LogP) is 5.12. The summed E-state index contributed by atoms with van der Waals surface area (Å²) in [5.74, 6) is 0.0377. The molecule has 0 saturated carbocycles. The van der Waals surface area contributed by atoms with Gasteiger partial charge in [-0.3, -0.25) is 4.79 Å². The normalized spacial score (nSPS) is 11.5. The van der Waals surface area contributed by atoms with Crippen molar-refractivity contribution >= 4 is 27.5 Å². The number of carbonyl (C=O) groups is 1. The van der Waals surface area contributed by atoms with E-state index in [-0.39, 0.29) is 28.1 Å². The second-order valence-electron chi connectivity index (χ2n) is 6.82. The van der Waals surface area contributed by atoms with Crippen LogP contribution in [-0.4, -0.2) is 27.6 Å². The minimum atomic E-state index is -4.70. The summed E-state index contributed by atoms with van der Waals surface area (Å²) in [5, 5.41) is 6.57. The lowest BCUT2D eigenvalue weighted by Gasteiger charge is -2.11. The Kier molecular flexibility index (Phi) is 5.88. The average Bonchev–Trinajstić information content (AvgIpc) is 3.13. The lowest BCUT2D eigenvalue weighted by molar-refractivity contribution is -0.142. The maximum absolute atomic E-state index is 13.8. The second kappa shape index (κ2) is 8.62. The van der Waals surface area contributed by atoms with Crippen molar-refractivity contribution in [3.8, 4) is 17.0 Å². The van der Waals surface area contributed by atoms with E-state index in [2.05, 4.69) is 31.3 Å². The van der Waals surface area contributed by atoms with E-state index in [1.807, 2.05) is 0 Å². The van der Waals surface area contributed by atoms with Gasteiger partial charge in [-0.15, -0.1) is 0 Å². The fraction of sp³-hybridized carbons (Fsp3) is 0.136. The van der Waals surface area contributed by atoms with Gasteiger partial charge in [-0.25, -0.2) is 9.50 Å². The molecule has 0 atom stereocenters. The summed E-state index contributed by atoms with van der Waals surface area (Å²) in [6, 6.07) is 16.4. The van der Waals surface area contributed by atoms with Gasteiger partial charge in [-0.1, -0.05) is 42.5 Å². The molecule has 2 aromatic carbocycles. The molecule has 0 unspecified atom stereocenters. The fourth-order valence-corrected chi connectivity index (χ4v) is 3.62. The largest absolute Gasteiger partial charge is 0.497 e. The van der Waals surface area contributed by atoms with Crippen LogP contribution in [0.2, 0.25) is 0 Å². The number of ether oxygens (including phenoxy) is 1. The highest BCUT2D eigenvalue weighted by molar-refractivity contribution is 9.10. The fourth-order valence-electron chi connectivity index (χ4n) is 3.10. The van der Waals surface area contributed by atoms with Gasteiger partial charge in [0.15, 0.2) is 17.0 Å². The maximum atomic E-state index is 13.8. The van der Waals surface area contributed by atoms with Gasteiger partial charge in [0.05, 0.1) is 17.3 Å². The number of methoxy groups -OCH3 is 1. The minimum absolute atomic E-state index is 0.0769. The molecule has 4 rings (SSSR count). The molecule has 4 aromatic rings. The zero-order valence-electron chi connectivity index (χ0n) is 16.7. The molecule has 2 aromatic heterocycles. The number of nitrogens with zero attached hydrogens (tertiary/aromatic N) is 3. The molecule has 0 bridgehead atoms. The summed E-state index contributed by atoms with van der Waals surface area (Å²) in [6.07, 6.45) is -4.70. The van der Waals surface area contributed by atoms with E-state index in [0.29, 0.717) is 15.8 Å². The number of amides is 1. The van der Waals surface area contributed by atoms with Gasteiger partial charge >= 0.3 is 6.18 Å². The number of rotatable bonds is 5. The number of fused-ring (bicyclic) bond motifs is 1. The summed E-state index contributed by atoms with van der Waals surface area (Å²) in [7, 11) is 1.55. The maximum Gasteiger partial charge on any atom is 0.433 e. The Hall–Kier alpha value is -3.40. The predicted molar refractivity (Wildman–Crippen MR) is 115 cm³/mol. The molecule has 0 fully saturated rings. The molecule has 0 saturated heterocycles. The van der Waals surface area contributed by atoms with E-state index >= 15 is 0 Å². The molecular formula is C22H16BrF3N4O2. The van der Waals surface area contributed by atoms with Crippen molar-refractivity contribution in [3.63, 3.8) is 0 Å². The Balaban J connectivity index is 1.71. The summed E-state index contributed by atoms with van der Waals surface area (Å²) in [5.41, 5.74) is 0.0982. The van der Waals surface area contributed by atoms with E-state index in [0.717, 1.165) is 11.6 Å². The molecule has 0 radical (unpaired) electrons. The molecule has 10 heteroatoms. The van der Waals surface area contributed by atoms with Crippen molar-refractivity contribution in [1.82, 2.24) is 19.9 Å². The van der Waals surface area contributed by atoms with E-state index < -0.39 is 17.8 Å². The smallest absolute Gasteiger partial charge is 0.433 e. The Bertz CT molecular complexity index is 1270. The zero-order chi connectivity index (χ0) is 22.9. The van der Waals surface area contributed by atoms with Crippen molar-refractivity contribution in [2.45, 2.75) is 12.7 Å². The second-order valence-corrected chi connectivity index (χ2v) is 7.61. The van der Waals surface area contributed by atoms with E-state index in [4.69, 9.17) is 4.74 Å². The zero-order valence-corrected chi connectivity index (χ0v) is 18.2. The third kappa shape index (κ3) is 4.31. The highest BCUT2D eigenvalue weighted by Crippen LogP contribution is 2.34. The van der Waals surface area contributed by atoms with Crippen LogP contribution in [0.25, 0.3) is 16.9 Å². The quantitative estimate of drug-likeness (QED) is 0.409. The topological polar surface area (TPSA) is 68.5 Å². The van der Waals surface area contributed by atoms with Gasteiger partial charge in [0.1, 0.15) is 5.75 Å². The molecule has 0 aliphatic heterocycles. The van der Waals surface area contributed by atoms with Crippen molar-refractivity contribution in [2.24, 2.45) is 0 Å². The number of hydrogen-bond acceptors (Lipinski definition) is 4. The van der Waals surface area contributed by atoms with Crippen LogP contribution in [-0.2, 0) is 12.7 Å². The summed E-state index contributed by atoms with van der Waals surface area (Å²) in [6.45, 7) is 0.165. The van der Waals surface area contributed by atoms with Gasteiger partial charge in [-0.2, -0.15) is 18.3 Å². The summed E-state index contributed by atoms with van der Waals surface area (Å²) in [4.78, 5) is 17.0. The number of nitrogens with one attached hydrogen (secondary N) is 1. The molecular weight excluding hydrogens is 489 g/mol. The van der Waals surface area contributed by atoms with Gasteiger partial charge in [0.2, 0.25) is 0 Å². The van der Waals surface area contributed by atoms with Crippen LogP contribution in [0.3, 0.4) is 0 Å². The number of aromatic nitrogens is 3. The van der Waals surface area contributed by atoms with Crippen molar-refractivity contribution < 1.29 is 22.7 Å². The lowest BCUT2D eigenvalue weighted by atomic mass is 10.1. The minimum Gasteiger partial charge on any atom is -0.497 e. The van der Waals surface area contributed by atoms with E-state index in [9.17, 15) is 18.0 Å². The average molecular weight is 505 g/mol. The number of halogens is 4. The first-order valence-corrected chi connectivity index (χ1v) is 10.2. The molecule has 0 aliphatic rings. The third-order valence-electron chi connectivity index (χ3n) is 4.72.